The highest BCUT2D eigenvalue weighted by Gasteiger charge is 2.23. The summed E-state index contributed by atoms with van der Waals surface area (Å²) in [5.41, 5.74) is 0. The summed E-state index contributed by atoms with van der Waals surface area (Å²) in [6.45, 7) is 1.48. The van der Waals surface area contributed by atoms with E-state index in [-0.39, 0.29) is 12.0 Å². The third-order valence-electron chi connectivity index (χ3n) is 5.42. The number of nitrogens with one attached hydrogen (secondary N) is 1. The fourth-order valence-electron chi connectivity index (χ4n) is 3.96. The lowest BCUT2D eigenvalue weighted by Crippen LogP contribution is -2.35. The first-order valence-electron chi connectivity index (χ1n) is 10.3. The van der Waals surface area contributed by atoms with Crippen LogP contribution in [0, 0.1) is 0 Å². The van der Waals surface area contributed by atoms with E-state index in [0.717, 1.165) is 37.4 Å². The fourth-order valence-corrected chi connectivity index (χ4v) is 4.72. The van der Waals surface area contributed by atoms with Gasteiger partial charge in [-0.1, -0.05) is 37.4 Å². The quantitative estimate of drug-likeness (QED) is 0.560. The van der Waals surface area contributed by atoms with Crippen LogP contribution in [0.4, 0.5) is 0 Å². The van der Waals surface area contributed by atoms with Gasteiger partial charge >= 0.3 is 0 Å². The molecule has 7 nitrogen and oxygen atoms in total. The summed E-state index contributed by atoms with van der Waals surface area (Å²) in [4.78, 5) is 12.5. The average molecular weight is 405 g/mol. The minimum atomic E-state index is 0.0723. The van der Waals surface area contributed by atoms with Gasteiger partial charge in [0.2, 0.25) is 11.7 Å². The van der Waals surface area contributed by atoms with Crippen molar-refractivity contribution in [3.8, 4) is 11.6 Å². The molecule has 1 N–H and O–H groups in total. The van der Waals surface area contributed by atoms with Gasteiger partial charge in [-0.15, -0.1) is 10.2 Å². The Morgan fingerprint density at radius 3 is 2.75 bits per heavy atom. The number of carbonyl (C=O) groups is 1. The number of ether oxygens (including phenoxy) is 1. The first-order chi connectivity index (χ1) is 13.8. The summed E-state index contributed by atoms with van der Waals surface area (Å²) in [7, 11) is 0. The summed E-state index contributed by atoms with van der Waals surface area (Å²) < 4.78 is 13.3. The SMILES string of the molecule is O=C(CSc1nnc(-c2ccco2)n1CC1CCCO1)NC1CCCCCC1. The molecule has 2 aromatic rings. The lowest BCUT2D eigenvalue weighted by atomic mass is 10.1. The Bertz CT molecular complexity index is 748. The lowest BCUT2D eigenvalue weighted by molar-refractivity contribution is -0.119. The van der Waals surface area contributed by atoms with Crippen LogP contribution in [0.25, 0.3) is 11.6 Å². The molecule has 28 heavy (non-hydrogen) atoms. The number of nitrogens with zero attached hydrogens (tertiary/aromatic N) is 3. The monoisotopic (exact) mass is 404 g/mol. The van der Waals surface area contributed by atoms with E-state index >= 15 is 0 Å². The number of amides is 1. The summed E-state index contributed by atoms with van der Waals surface area (Å²) in [5, 5.41) is 12.6. The van der Waals surface area contributed by atoms with Crippen LogP contribution in [-0.2, 0) is 16.1 Å². The first-order valence-corrected chi connectivity index (χ1v) is 11.3. The van der Waals surface area contributed by atoms with Gasteiger partial charge in [0, 0.05) is 12.6 Å². The van der Waals surface area contributed by atoms with Gasteiger partial charge in [-0.05, 0) is 37.8 Å². The zero-order valence-electron chi connectivity index (χ0n) is 16.1. The van der Waals surface area contributed by atoms with Crippen molar-refractivity contribution in [3.05, 3.63) is 18.4 Å². The summed E-state index contributed by atoms with van der Waals surface area (Å²) in [6.07, 6.45) is 11.1. The molecule has 0 radical (unpaired) electrons. The van der Waals surface area contributed by atoms with E-state index < -0.39 is 0 Å². The third kappa shape index (κ3) is 4.97. The average Bonchev–Trinajstić information content (AvgIpc) is 3.42. The molecule has 1 saturated carbocycles. The largest absolute Gasteiger partial charge is 0.461 e. The minimum Gasteiger partial charge on any atom is -0.461 e. The van der Waals surface area contributed by atoms with E-state index in [4.69, 9.17) is 9.15 Å². The van der Waals surface area contributed by atoms with Gasteiger partial charge in [-0.2, -0.15) is 0 Å². The maximum absolute atomic E-state index is 12.5. The molecule has 3 heterocycles. The van der Waals surface area contributed by atoms with E-state index in [1.807, 2.05) is 16.7 Å². The van der Waals surface area contributed by atoms with Crippen LogP contribution >= 0.6 is 11.8 Å². The molecule has 2 aliphatic rings. The zero-order valence-corrected chi connectivity index (χ0v) is 17.0. The highest BCUT2D eigenvalue weighted by atomic mass is 32.2. The second-order valence-corrected chi connectivity index (χ2v) is 8.52. The van der Waals surface area contributed by atoms with Gasteiger partial charge in [-0.3, -0.25) is 9.36 Å². The molecule has 1 aliphatic carbocycles. The van der Waals surface area contributed by atoms with Crippen LogP contribution < -0.4 is 5.32 Å². The van der Waals surface area contributed by atoms with Crippen molar-refractivity contribution in [2.45, 2.75) is 75.2 Å². The predicted molar refractivity (Wildman–Crippen MR) is 107 cm³/mol. The second kappa shape index (κ2) is 9.60. The highest BCUT2D eigenvalue weighted by Crippen LogP contribution is 2.27. The van der Waals surface area contributed by atoms with Crippen molar-refractivity contribution in [2.75, 3.05) is 12.4 Å². The Morgan fingerprint density at radius 1 is 1.18 bits per heavy atom. The van der Waals surface area contributed by atoms with Crippen LogP contribution in [0.3, 0.4) is 0 Å². The Labute approximate surface area is 169 Å². The summed E-state index contributed by atoms with van der Waals surface area (Å²) >= 11 is 1.43. The van der Waals surface area contributed by atoms with Crippen LogP contribution in [0.5, 0.6) is 0 Å². The van der Waals surface area contributed by atoms with E-state index in [0.29, 0.717) is 29.9 Å². The Kier molecular flexibility index (Phi) is 6.69. The normalized spacial score (nSPS) is 20.9. The van der Waals surface area contributed by atoms with Gasteiger partial charge in [0.25, 0.3) is 0 Å². The maximum atomic E-state index is 12.5. The molecule has 1 saturated heterocycles. The number of carbonyl (C=O) groups excluding carboxylic acids is 1. The van der Waals surface area contributed by atoms with E-state index in [1.165, 1.54) is 37.4 Å². The van der Waals surface area contributed by atoms with Crippen LogP contribution in [0.1, 0.15) is 51.4 Å². The zero-order chi connectivity index (χ0) is 19.2. The maximum Gasteiger partial charge on any atom is 0.230 e. The van der Waals surface area contributed by atoms with Crippen molar-refractivity contribution >= 4 is 17.7 Å². The second-order valence-electron chi connectivity index (χ2n) is 7.57. The fraction of sp³-hybridized carbons (Fsp3) is 0.650. The molecule has 0 bridgehead atoms. The Morgan fingerprint density at radius 2 is 2.04 bits per heavy atom. The van der Waals surface area contributed by atoms with Crippen molar-refractivity contribution in [1.29, 1.82) is 0 Å². The van der Waals surface area contributed by atoms with Gasteiger partial charge in [0.05, 0.1) is 24.7 Å². The molecule has 2 fully saturated rings. The molecule has 1 amide bonds. The highest BCUT2D eigenvalue weighted by molar-refractivity contribution is 7.99. The smallest absolute Gasteiger partial charge is 0.230 e. The van der Waals surface area contributed by atoms with E-state index in [9.17, 15) is 4.79 Å². The van der Waals surface area contributed by atoms with E-state index in [1.54, 1.807) is 6.26 Å². The van der Waals surface area contributed by atoms with E-state index in [2.05, 4.69) is 15.5 Å². The molecular formula is C20H28N4O3S. The number of rotatable bonds is 7. The molecule has 8 heteroatoms. The molecule has 152 valence electrons. The first kappa shape index (κ1) is 19.5. The van der Waals surface area contributed by atoms with Gasteiger partial charge < -0.3 is 14.5 Å². The third-order valence-corrected chi connectivity index (χ3v) is 6.39. The molecule has 1 aliphatic heterocycles. The standard InChI is InChI=1S/C20H28N4O3S/c25-18(21-15-7-3-1-2-4-8-15)14-28-20-23-22-19(17-10-6-12-27-17)24(20)13-16-9-5-11-26-16/h6,10,12,15-16H,1-5,7-9,11,13-14H2,(H,21,25). The molecular weight excluding hydrogens is 376 g/mol. The Balaban J connectivity index is 1.40. The molecule has 0 aromatic carbocycles. The Hall–Kier alpha value is -1.80. The molecule has 4 rings (SSSR count). The van der Waals surface area contributed by atoms with Crippen LogP contribution in [0.15, 0.2) is 28.0 Å². The lowest BCUT2D eigenvalue weighted by Gasteiger charge is -2.16. The van der Waals surface area contributed by atoms with Crippen molar-refractivity contribution in [2.24, 2.45) is 0 Å². The van der Waals surface area contributed by atoms with Crippen molar-refractivity contribution < 1.29 is 13.9 Å². The van der Waals surface area contributed by atoms with Gasteiger partial charge in [0.15, 0.2) is 10.9 Å². The molecule has 1 atom stereocenters. The molecule has 1 unspecified atom stereocenters. The van der Waals surface area contributed by atoms with Crippen LogP contribution in [-0.4, -0.2) is 45.2 Å². The minimum absolute atomic E-state index is 0.0723. The molecule has 0 spiro atoms. The predicted octanol–water partition coefficient (Wildman–Crippen LogP) is 3.65. The van der Waals surface area contributed by atoms with Gasteiger partial charge in [0.1, 0.15) is 0 Å². The topological polar surface area (TPSA) is 82.2 Å². The summed E-state index contributed by atoms with van der Waals surface area (Å²) in [6, 6.07) is 4.04. The summed E-state index contributed by atoms with van der Waals surface area (Å²) in [5.74, 6) is 1.79. The molecule has 2 aromatic heterocycles. The number of hydrogen-bond acceptors (Lipinski definition) is 6. The number of furan rings is 1. The van der Waals surface area contributed by atoms with Crippen molar-refractivity contribution in [3.63, 3.8) is 0 Å². The van der Waals surface area contributed by atoms with Crippen LogP contribution in [0.2, 0.25) is 0 Å². The number of hydrogen-bond donors (Lipinski definition) is 1. The van der Waals surface area contributed by atoms with Gasteiger partial charge in [-0.25, -0.2) is 0 Å². The number of aromatic nitrogens is 3. The number of thioether (sulfide) groups is 1. The van der Waals surface area contributed by atoms with Crippen molar-refractivity contribution in [1.82, 2.24) is 20.1 Å².